The van der Waals surface area contributed by atoms with Crippen molar-refractivity contribution >= 4 is 0 Å². The Morgan fingerprint density at radius 3 is 1.94 bits per heavy atom. The Balaban J connectivity index is 3.17. The van der Waals surface area contributed by atoms with Gasteiger partial charge in [-0.25, -0.2) is 0 Å². The largest absolute Gasteiger partial charge is 0.493 e. The molecule has 0 fully saturated rings. The zero-order chi connectivity index (χ0) is 12.8. The van der Waals surface area contributed by atoms with Crippen molar-refractivity contribution in [3.8, 4) is 17.2 Å². The van der Waals surface area contributed by atoms with Crippen LogP contribution in [0.25, 0.3) is 0 Å². The first kappa shape index (κ1) is 13.6. The second kappa shape index (κ2) is 6.35. The third kappa shape index (κ3) is 3.03. The molecule has 0 unspecified atom stereocenters. The van der Waals surface area contributed by atoms with Crippen LogP contribution in [0.15, 0.2) is 12.1 Å². The van der Waals surface area contributed by atoms with Gasteiger partial charge in [-0.05, 0) is 36.6 Å². The van der Waals surface area contributed by atoms with Crippen LogP contribution in [0.4, 0.5) is 0 Å². The van der Waals surface area contributed by atoms with Crippen LogP contribution in [0.1, 0.15) is 24.8 Å². The summed E-state index contributed by atoms with van der Waals surface area (Å²) in [5.41, 5.74) is 6.72. The molecule has 0 radical (unpaired) electrons. The van der Waals surface area contributed by atoms with Crippen molar-refractivity contribution in [2.45, 2.75) is 19.3 Å². The summed E-state index contributed by atoms with van der Waals surface area (Å²) in [7, 11) is 4.84. The van der Waals surface area contributed by atoms with E-state index in [-0.39, 0.29) is 0 Å². The molecular formula is C13H21NO3. The molecule has 0 aromatic heterocycles. The van der Waals surface area contributed by atoms with Crippen molar-refractivity contribution in [2.24, 2.45) is 5.73 Å². The Bertz CT molecular complexity index is 341. The Labute approximate surface area is 103 Å². The summed E-state index contributed by atoms with van der Waals surface area (Å²) < 4.78 is 15.9. The van der Waals surface area contributed by atoms with Crippen molar-refractivity contribution < 1.29 is 14.2 Å². The van der Waals surface area contributed by atoms with Crippen LogP contribution < -0.4 is 19.9 Å². The fourth-order valence-electron chi connectivity index (χ4n) is 1.80. The number of hydrogen-bond acceptors (Lipinski definition) is 4. The van der Waals surface area contributed by atoms with Crippen LogP contribution in [0.2, 0.25) is 0 Å². The molecule has 1 atom stereocenters. The van der Waals surface area contributed by atoms with Gasteiger partial charge in [0.25, 0.3) is 0 Å². The molecule has 0 saturated carbocycles. The van der Waals surface area contributed by atoms with Gasteiger partial charge in [0.2, 0.25) is 5.75 Å². The summed E-state index contributed by atoms with van der Waals surface area (Å²) in [6.45, 7) is 2.80. The summed E-state index contributed by atoms with van der Waals surface area (Å²) in [5, 5.41) is 0. The normalized spacial score (nSPS) is 12.1. The molecule has 0 spiro atoms. The summed E-state index contributed by atoms with van der Waals surface area (Å²) in [6, 6.07) is 3.95. The molecule has 0 bridgehead atoms. The number of rotatable bonds is 6. The highest BCUT2D eigenvalue weighted by Crippen LogP contribution is 2.40. The van der Waals surface area contributed by atoms with E-state index in [9.17, 15) is 0 Å². The van der Waals surface area contributed by atoms with Gasteiger partial charge < -0.3 is 19.9 Å². The van der Waals surface area contributed by atoms with E-state index >= 15 is 0 Å². The number of hydrogen-bond donors (Lipinski definition) is 1. The number of methoxy groups -OCH3 is 3. The molecule has 1 rings (SSSR count). The van der Waals surface area contributed by atoms with E-state index in [1.165, 1.54) is 0 Å². The topological polar surface area (TPSA) is 53.7 Å². The van der Waals surface area contributed by atoms with E-state index in [0.717, 1.165) is 12.0 Å². The SMILES string of the molecule is COc1cc([C@H](C)CCN)cc(OC)c1OC. The highest BCUT2D eigenvalue weighted by molar-refractivity contribution is 5.54. The van der Waals surface area contributed by atoms with Crippen molar-refractivity contribution in [3.05, 3.63) is 17.7 Å². The zero-order valence-corrected chi connectivity index (χ0v) is 10.9. The molecule has 2 N–H and O–H groups in total. The minimum atomic E-state index is 0.369. The molecule has 0 heterocycles. The summed E-state index contributed by atoms with van der Waals surface area (Å²) >= 11 is 0. The fourth-order valence-corrected chi connectivity index (χ4v) is 1.80. The van der Waals surface area contributed by atoms with Gasteiger partial charge in [0.05, 0.1) is 21.3 Å². The first-order chi connectivity index (χ1) is 8.17. The van der Waals surface area contributed by atoms with Gasteiger partial charge >= 0.3 is 0 Å². The molecule has 96 valence electrons. The van der Waals surface area contributed by atoms with Gasteiger partial charge in [-0.15, -0.1) is 0 Å². The Hall–Kier alpha value is -1.42. The van der Waals surface area contributed by atoms with Crippen LogP contribution in [0, 0.1) is 0 Å². The Morgan fingerprint density at radius 1 is 1.06 bits per heavy atom. The standard InChI is InChI=1S/C13H21NO3/c1-9(5-6-14)10-7-11(15-2)13(17-4)12(8-10)16-3/h7-9H,5-6,14H2,1-4H3/t9-/m1/s1. The van der Waals surface area contributed by atoms with Crippen LogP contribution in [-0.2, 0) is 0 Å². The van der Waals surface area contributed by atoms with Gasteiger partial charge in [-0.1, -0.05) is 6.92 Å². The van der Waals surface area contributed by atoms with Crippen molar-refractivity contribution in [2.75, 3.05) is 27.9 Å². The highest BCUT2D eigenvalue weighted by Gasteiger charge is 2.15. The number of benzene rings is 1. The molecule has 4 heteroatoms. The second-order valence-corrected chi connectivity index (χ2v) is 3.94. The molecular weight excluding hydrogens is 218 g/mol. The van der Waals surface area contributed by atoms with Crippen LogP contribution in [0.5, 0.6) is 17.2 Å². The minimum absolute atomic E-state index is 0.369. The van der Waals surface area contributed by atoms with Gasteiger partial charge in [-0.2, -0.15) is 0 Å². The maximum absolute atomic E-state index is 5.58. The molecule has 0 amide bonds. The minimum Gasteiger partial charge on any atom is -0.493 e. The van der Waals surface area contributed by atoms with E-state index in [4.69, 9.17) is 19.9 Å². The number of nitrogens with two attached hydrogens (primary N) is 1. The zero-order valence-electron chi connectivity index (χ0n) is 10.9. The van der Waals surface area contributed by atoms with Crippen LogP contribution in [-0.4, -0.2) is 27.9 Å². The molecule has 4 nitrogen and oxygen atoms in total. The third-order valence-electron chi connectivity index (χ3n) is 2.86. The third-order valence-corrected chi connectivity index (χ3v) is 2.86. The van der Waals surface area contributed by atoms with E-state index in [1.807, 2.05) is 12.1 Å². The smallest absolute Gasteiger partial charge is 0.203 e. The van der Waals surface area contributed by atoms with Gasteiger partial charge in [0.1, 0.15) is 0 Å². The Kier molecular flexibility index (Phi) is 5.10. The van der Waals surface area contributed by atoms with Crippen molar-refractivity contribution in [1.82, 2.24) is 0 Å². The predicted molar refractivity (Wildman–Crippen MR) is 68.2 cm³/mol. The molecule has 1 aromatic carbocycles. The van der Waals surface area contributed by atoms with E-state index in [1.54, 1.807) is 21.3 Å². The van der Waals surface area contributed by atoms with Crippen LogP contribution in [0.3, 0.4) is 0 Å². The monoisotopic (exact) mass is 239 g/mol. The van der Waals surface area contributed by atoms with Crippen molar-refractivity contribution in [3.63, 3.8) is 0 Å². The maximum Gasteiger partial charge on any atom is 0.203 e. The van der Waals surface area contributed by atoms with Gasteiger partial charge in [0, 0.05) is 0 Å². The van der Waals surface area contributed by atoms with Crippen LogP contribution >= 0.6 is 0 Å². The molecule has 0 aliphatic carbocycles. The summed E-state index contributed by atoms with van der Waals surface area (Å²) in [4.78, 5) is 0. The first-order valence-corrected chi connectivity index (χ1v) is 5.67. The second-order valence-electron chi connectivity index (χ2n) is 3.94. The molecule has 1 aromatic rings. The van der Waals surface area contributed by atoms with Crippen molar-refractivity contribution in [1.29, 1.82) is 0 Å². The average Bonchev–Trinajstić information content (AvgIpc) is 2.37. The summed E-state index contributed by atoms with van der Waals surface area (Å²) in [5.74, 6) is 2.36. The first-order valence-electron chi connectivity index (χ1n) is 5.67. The molecule has 0 aliphatic heterocycles. The molecule has 0 saturated heterocycles. The predicted octanol–water partition coefficient (Wildman–Crippen LogP) is 2.16. The maximum atomic E-state index is 5.58. The van der Waals surface area contributed by atoms with Gasteiger partial charge in [0.15, 0.2) is 11.5 Å². The van der Waals surface area contributed by atoms with E-state index in [0.29, 0.717) is 29.7 Å². The number of ether oxygens (including phenoxy) is 3. The summed E-state index contributed by atoms with van der Waals surface area (Å²) in [6.07, 6.45) is 0.929. The lowest BCUT2D eigenvalue weighted by atomic mass is 9.97. The lowest BCUT2D eigenvalue weighted by Crippen LogP contribution is -2.05. The fraction of sp³-hybridized carbons (Fsp3) is 0.538. The van der Waals surface area contributed by atoms with E-state index in [2.05, 4.69) is 6.92 Å². The Morgan fingerprint density at radius 2 is 1.59 bits per heavy atom. The van der Waals surface area contributed by atoms with E-state index < -0.39 is 0 Å². The lowest BCUT2D eigenvalue weighted by molar-refractivity contribution is 0.323. The van der Waals surface area contributed by atoms with Gasteiger partial charge in [-0.3, -0.25) is 0 Å². The quantitative estimate of drug-likeness (QED) is 0.826. The molecule has 0 aliphatic rings. The lowest BCUT2D eigenvalue weighted by Gasteiger charge is -2.17. The molecule has 17 heavy (non-hydrogen) atoms. The average molecular weight is 239 g/mol. The highest BCUT2D eigenvalue weighted by atomic mass is 16.5.